The smallest absolute Gasteiger partial charge is 0.405 e. The Morgan fingerprint density at radius 3 is 2.22 bits per heavy atom. The van der Waals surface area contributed by atoms with Crippen LogP contribution in [0, 0.1) is 5.41 Å². The molecule has 4 nitrogen and oxygen atoms in total. The maximum Gasteiger partial charge on any atom is 0.405 e. The Bertz CT molecular complexity index is 398. The summed E-state index contributed by atoms with van der Waals surface area (Å²) in [7, 11) is 0. The van der Waals surface area contributed by atoms with Crippen molar-refractivity contribution in [3.05, 3.63) is 35.9 Å². The highest BCUT2D eigenvalue weighted by Gasteiger charge is 2.42. The van der Waals surface area contributed by atoms with Gasteiger partial charge in [-0.15, -0.1) is 0 Å². The van der Waals surface area contributed by atoms with Crippen molar-refractivity contribution in [3.63, 3.8) is 0 Å². The van der Waals surface area contributed by atoms with Gasteiger partial charge in [0.15, 0.2) is 0 Å². The van der Waals surface area contributed by atoms with E-state index in [1.807, 2.05) is 51.1 Å². The molecule has 0 aliphatic heterocycles. The number of hydrogen-bond acceptors (Lipinski definition) is 2. The van der Waals surface area contributed by atoms with Crippen molar-refractivity contribution >= 4 is 6.09 Å². The molecule has 100 valence electrons. The zero-order chi connectivity index (χ0) is 13.8. The molecule has 0 unspecified atom stereocenters. The molecule has 4 N–H and O–H groups in total. The summed E-state index contributed by atoms with van der Waals surface area (Å²) in [6.45, 7) is 6.26. The molecule has 0 aliphatic carbocycles. The maximum absolute atomic E-state index is 11.0. The van der Waals surface area contributed by atoms with Gasteiger partial charge in [-0.3, -0.25) is 0 Å². The summed E-state index contributed by atoms with van der Waals surface area (Å²) in [6, 6.07) is 9.80. The quantitative estimate of drug-likeness (QED) is 0.767. The fraction of sp³-hybridized carbons (Fsp3) is 0.500. The largest absolute Gasteiger partial charge is 0.465 e. The third-order valence-electron chi connectivity index (χ3n) is 3.48. The lowest BCUT2D eigenvalue weighted by Gasteiger charge is -2.44. The lowest BCUT2D eigenvalue weighted by Crippen LogP contribution is -2.62. The molecule has 1 aromatic rings. The van der Waals surface area contributed by atoms with Crippen LogP contribution in [0.25, 0.3) is 0 Å². The van der Waals surface area contributed by atoms with Gasteiger partial charge in [0.1, 0.15) is 0 Å². The first-order valence-corrected chi connectivity index (χ1v) is 6.06. The standard InChI is InChI=1S/C14H22N2O2/c1-13(2,3)14(10-15,16-12(17)18)9-11-7-5-4-6-8-11/h4-8,16H,9-10,15H2,1-3H3,(H,17,18)/t14-/m1/s1. The van der Waals surface area contributed by atoms with Crippen molar-refractivity contribution in [2.45, 2.75) is 32.7 Å². The van der Waals surface area contributed by atoms with Crippen LogP contribution in [0.3, 0.4) is 0 Å². The Kier molecular flexibility index (Phi) is 4.35. The SMILES string of the molecule is CC(C)(C)[C@](CN)(Cc1ccccc1)NC(=O)O. The highest BCUT2D eigenvalue weighted by atomic mass is 16.4. The second kappa shape index (κ2) is 5.40. The predicted octanol–water partition coefficient (Wildman–Crippen LogP) is 2.24. The Balaban J connectivity index is 3.07. The minimum absolute atomic E-state index is 0.262. The number of hydrogen-bond donors (Lipinski definition) is 3. The van der Waals surface area contributed by atoms with Crippen LogP contribution in [0.4, 0.5) is 4.79 Å². The Morgan fingerprint density at radius 1 is 1.28 bits per heavy atom. The molecule has 1 rings (SSSR count). The highest BCUT2D eigenvalue weighted by Crippen LogP contribution is 2.32. The van der Waals surface area contributed by atoms with Crippen molar-refractivity contribution in [2.75, 3.05) is 6.54 Å². The average molecular weight is 250 g/mol. The first-order valence-electron chi connectivity index (χ1n) is 6.06. The van der Waals surface area contributed by atoms with Gasteiger partial charge in [-0.2, -0.15) is 0 Å². The first kappa shape index (κ1) is 14.5. The van der Waals surface area contributed by atoms with E-state index >= 15 is 0 Å². The molecule has 1 atom stereocenters. The number of amides is 1. The van der Waals surface area contributed by atoms with E-state index in [-0.39, 0.29) is 12.0 Å². The van der Waals surface area contributed by atoms with Gasteiger partial charge in [-0.1, -0.05) is 51.1 Å². The van der Waals surface area contributed by atoms with Gasteiger partial charge in [-0.05, 0) is 17.4 Å². The summed E-state index contributed by atoms with van der Waals surface area (Å²) in [5.74, 6) is 0. The van der Waals surface area contributed by atoms with Crippen LogP contribution in [-0.4, -0.2) is 23.3 Å². The van der Waals surface area contributed by atoms with Gasteiger partial charge in [0.2, 0.25) is 0 Å². The predicted molar refractivity (Wildman–Crippen MR) is 72.5 cm³/mol. The van der Waals surface area contributed by atoms with Crippen LogP contribution in [0.15, 0.2) is 30.3 Å². The van der Waals surface area contributed by atoms with Gasteiger partial charge in [0.05, 0.1) is 5.54 Å². The van der Waals surface area contributed by atoms with Crippen LogP contribution in [-0.2, 0) is 6.42 Å². The Hall–Kier alpha value is -1.55. The second-order valence-corrected chi connectivity index (χ2v) is 5.63. The monoisotopic (exact) mass is 250 g/mol. The Labute approximate surface area is 108 Å². The molecule has 0 aliphatic rings. The molecule has 0 spiro atoms. The molecule has 0 aromatic heterocycles. The molecule has 0 heterocycles. The van der Waals surface area contributed by atoms with E-state index in [1.165, 1.54) is 0 Å². The van der Waals surface area contributed by atoms with E-state index in [2.05, 4.69) is 5.32 Å². The minimum Gasteiger partial charge on any atom is -0.465 e. The van der Waals surface area contributed by atoms with Gasteiger partial charge in [0, 0.05) is 6.54 Å². The lowest BCUT2D eigenvalue weighted by atomic mass is 9.70. The summed E-state index contributed by atoms with van der Waals surface area (Å²) in [5, 5.41) is 11.7. The van der Waals surface area contributed by atoms with Gasteiger partial charge in [-0.25, -0.2) is 4.79 Å². The van der Waals surface area contributed by atoms with Crippen molar-refractivity contribution in [2.24, 2.45) is 11.1 Å². The zero-order valence-corrected chi connectivity index (χ0v) is 11.2. The Morgan fingerprint density at radius 2 is 1.83 bits per heavy atom. The van der Waals surface area contributed by atoms with E-state index in [0.29, 0.717) is 6.42 Å². The van der Waals surface area contributed by atoms with E-state index in [4.69, 9.17) is 10.8 Å². The molecule has 1 aromatic carbocycles. The van der Waals surface area contributed by atoms with Crippen molar-refractivity contribution in [1.29, 1.82) is 0 Å². The maximum atomic E-state index is 11.0. The highest BCUT2D eigenvalue weighted by molar-refractivity contribution is 5.66. The number of benzene rings is 1. The molecule has 0 radical (unpaired) electrons. The lowest BCUT2D eigenvalue weighted by molar-refractivity contribution is 0.123. The van der Waals surface area contributed by atoms with Crippen molar-refractivity contribution in [1.82, 2.24) is 5.32 Å². The number of carbonyl (C=O) groups is 1. The number of nitrogens with one attached hydrogen (secondary N) is 1. The average Bonchev–Trinajstić information content (AvgIpc) is 2.27. The molecule has 0 saturated heterocycles. The van der Waals surface area contributed by atoms with E-state index in [9.17, 15) is 4.79 Å². The second-order valence-electron chi connectivity index (χ2n) is 5.63. The summed E-state index contributed by atoms with van der Waals surface area (Å²) in [6.07, 6.45) is -0.452. The summed E-state index contributed by atoms with van der Waals surface area (Å²) >= 11 is 0. The summed E-state index contributed by atoms with van der Waals surface area (Å²) in [5.41, 5.74) is 6.01. The zero-order valence-electron chi connectivity index (χ0n) is 11.2. The molecular formula is C14H22N2O2. The summed E-state index contributed by atoms with van der Waals surface area (Å²) in [4.78, 5) is 11.0. The molecular weight excluding hydrogens is 228 g/mol. The molecule has 0 fully saturated rings. The van der Waals surface area contributed by atoms with Crippen LogP contribution in [0.5, 0.6) is 0 Å². The van der Waals surface area contributed by atoms with E-state index in [0.717, 1.165) is 5.56 Å². The van der Waals surface area contributed by atoms with Gasteiger partial charge in [0.25, 0.3) is 0 Å². The third-order valence-corrected chi connectivity index (χ3v) is 3.48. The fourth-order valence-corrected chi connectivity index (χ4v) is 2.08. The minimum atomic E-state index is -1.04. The molecule has 4 heteroatoms. The molecule has 18 heavy (non-hydrogen) atoms. The normalized spacial score (nSPS) is 14.9. The fourth-order valence-electron chi connectivity index (χ4n) is 2.08. The molecule has 1 amide bonds. The van der Waals surface area contributed by atoms with Crippen LogP contribution < -0.4 is 11.1 Å². The van der Waals surface area contributed by atoms with E-state index in [1.54, 1.807) is 0 Å². The third kappa shape index (κ3) is 3.23. The van der Waals surface area contributed by atoms with E-state index < -0.39 is 11.6 Å². The van der Waals surface area contributed by atoms with Gasteiger partial charge >= 0.3 is 6.09 Å². The summed E-state index contributed by atoms with van der Waals surface area (Å²) < 4.78 is 0. The van der Waals surface area contributed by atoms with Crippen LogP contribution in [0.1, 0.15) is 26.3 Å². The van der Waals surface area contributed by atoms with Gasteiger partial charge < -0.3 is 16.2 Å². The number of carboxylic acid groups (broad SMARTS) is 1. The number of rotatable bonds is 4. The first-order chi connectivity index (χ1) is 8.31. The molecule has 0 saturated carbocycles. The van der Waals surface area contributed by atoms with Crippen molar-refractivity contribution in [3.8, 4) is 0 Å². The molecule has 0 bridgehead atoms. The van der Waals surface area contributed by atoms with Crippen molar-refractivity contribution < 1.29 is 9.90 Å². The van der Waals surface area contributed by atoms with Crippen LogP contribution in [0.2, 0.25) is 0 Å². The van der Waals surface area contributed by atoms with Crippen LogP contribution >= 0.6 is 0 Å². The topological polar surface area (TPSA) is 75.3 Å². The number of nitrogens with two attached hydrogens (primary N) is 1.